The predicted molar refractivity (Wildman–Crippen MR) is 75.0 cm³/mol. The summed E-state index contributed by atoms with van der Waals surface area (Å²) in [6, 6.07) is 7.70. The highest BCUT2D eigenvalue weighted by Gasteiger charge is 2.34. The summed E-state index contributed by atoms with van der Waals surface area (Å²) >= 11 is 6.23. The van der Waals surface area contributed by atoms with E-state index in [1.165, 1.54) is 7.11 Å². The van der Waals surface area contributed by atoms with Crippen molar-refractivity contribution >= 4 is 17.5 Å². The maximum atomic E-state index is 12.4. The minimum atomic E-state index is -0.567. The van der Waals surface area contributed by atoms with Crippen LogP contribution in [0.15, 0.2) is 24.3 Å². The Morgan fingerprint density at radius 1 is 1.58 bits per heavy atom. The van der Waals surface area contributed by atoms with Gasteiger partial charge in [-0.15, -0.1) is 0 Å². The summed E-state index contributed by atoms with van der Waals surface area (Å²) in [7, 11) is 1.51. The number of benzene rings is 1. The third kappa shape index (κ3) is 2.91. The molecule has 1 heterocycles. The van der Waals surface area contributed by atoms with Crippen molar-refractivity contribution in [2.75, 3.05) is 20.2 Å². The van der Waals surface area contributed by atoms with Gasteiger partial charge < -0.3 is 15.4 Å². The van der Waals surface area contributed by atoms with Crippen LogP contribution in [0.4, 0.5) is 0 Å². The van der Waals surface area contributed by atoms with Gasteiger partial charge in [0.15, 0.2) is 0 Å². The normalized spacial score (nSPS) is 20.6. The number of ether oxygens (including phenoxy) is 1. The lowest BCUT2D eigenvalue weighted by Crippen LogP contribution is -2.43. The first-order chi connectivity index (χ1) is 9.19. The standard InChI is InChI=1S/C14H19ClN2O2/c1-19-13(9-16)14(18)17-8-4-7-12(17)10-5-2-3-6-11(10)15/h2-3,5-6,12-13H,4,7-9,16H2,1H3. The van der Waals surface area contributed by atoms with Crippen LogP contribution in [-0.2, 0) is 9.53 Å². The lowest BCUT2D eigenvalue weighted by atomic mass is 10.0. The molecule has 1 aliphatic heterocycles. The summed E-state index contributed by atoms with van der Waals surface area (Å²) in [4.78, 5) is 14.2. The molecule has 104 valence electrons. The van der Waals surface area contributed by atoms with Crippen molar-refractivity contribution in [3.63, 3.8) is 0 Å². The van der Waals surface area contributed by atoms with E-state index in [2.05, 4.69) is 0 Å². The smallest absolute Gasteiger partial charge is 0.253 e. The third-order valence-corrected chi connectivity index (χ3v) is 3.92. The van der Waals surface area contributed by atoms with Crippen LogP contribution in [0.3, 0.4) is 0 Å². The molecule has 0 aliphatic carbocycles. The van der Waals surface area contributed by atoms with Crippen LogP contribution in [0.2, 0.25) is 5.02 Å². The average Bonchev–Trinajstić information content (AvgIpc) is 2.89. The van der Waals surface area contributed by atoms with Gasteiger partial charge in [-0.05, 0) is 24.5 Å². The van der Waals surface area contributed by atoms with Gasteiger partial charge in [-0.25, -0.2) is 0 Å². The highest BCUT2D eigenvalue weighted by Crippen LogP contribution is 2.36. The number of likely N-dealkylation sites (tertiary alicyclic amines) is 1. The van der Waals surface area contributed by atoms with Crippen molar-refractivity contribution in [3.8, 4) is 0 Å². The molecular formula is C14H19ClN2O2. The van der Waals surface area contributed by atoms with Gasteiger partial charge in [0.05, 0.1) is 6.04 Å². The Kier molecular flexibility index (Phi) is 4.80. The van der Waals surface area contributed by atoms with Crippen LogP contribution >= 0.6 is 11.6 Å². The van der Waals surface area contributed by atoms with Crippen LogP contribution in [0.5, 0.6) is 0 Å². The molecule has 1 saturated heterocycles. The molecule has 0 radical (unpaired) electrons. The lowest BCUT2D eigenvalue weighted by Gasteiger charge is -2.28. The van der Waals surface area contributed by atoms with Gasteiger partial charge in [0.25, 0.3) is 5.91 Å². The van der Waals surface area contributed by atoms with E-state index in [1.807, 2.05) is 29.2 Å². The Morgan fingerprint density at radius 2 is 2.32 bits per heavy atom. The first-order valence-corrected chi connectivity index (χ1v) is 6.84. The second-order valence-corrected chi connectivity index (χ2v) is 5.08. The van der Waals surface area contributed by atoms with Gasteiger partial charge in [-0.3, -0.25) is 4.79 Å². The van der Waals surface area contributed by atoms with Crippen molar-refractivity contribution in [1.82, 2.24) is 4.90 Å². The van der Waals surface area contributed by atoms with Gasteiger partial charge in [0.2, 0.25) is 0 Å². The van der Waals surface area contributed by atoms with Crippen molar-refractivity contribution in [2.24, 2.45) is 5.73 Å². The van der Waals surface area contributed by atoms with E-state index in [0.29, 0.717) is 5.02 Å². The first kappa shape index (κ1) is 14.3. The van der Waals surface area contributed by atoms with Gasteiger partial charge in [0, 0.05) is 25.2 Å². The monoisotopic (exact) mass is 282 g/mol. The zero-order valence-electron chi connectivity index (χ0n) is 11.0. The molecule has 0 saturated carbocycles. The molecule has 1 fully saturated rings. The fourth-order valence-electron chi connectivity index (χ4n) is 2.58. The van der Waals surface area contributed by atoms with Gasteiger partial charge in [0.1, 0.15) is 6.10 Å². The fourth-order valence-corrected chi connectivity index (χ4v) is 2.84. The summed E-state index contributed by atoms with van der Waals surface area (Å²) in [5.41, 5.74) is 6.57. The molecular weight excluding hydrogens is 264 g/mol. The first-order valence-electron chi connectivity index (χ1n) is 6.46. The molecule has 2 N–H and O–H groups in total. The van der Waals surface area contributed by atoms with E-state index >= 15 is 0 Å². The minimum absolute atomic E-state index is 0.0328. The molecule has 1 aromatic rings. The van der Waals surface area contributed by atoms with E-state index in [9.17, 15) is 4.79 Å². The van der Waals surface area contributed by atoms with E-state index in [4.69, 9.17) is 22.1 Å². The predicted octanol–water partition coefficient (Wildman–Crippen LogP) is 1.98. The van der Waals surface area contributed by atoms with Gasteiger partial charge >= 0.3 is 0 Å². The van der Waals surface area contributed by atoms with E-state index in [1.54, 1.807) is 0 Å². The summed E-state index contributed by atoms with van der Waals surface area (Å²) < 4.78 is 5.14. The quantitative estimate of drug-likeness (QED) is 0.919. The van der Waals surface area contributed by atoms with Crippen LogP contribution in [0.1, 0.15) is 24.4 Å². The molecule has 2 rings (SSSR count). The number of rotatable bonds is 4. The van der Waals surface area contributed by atoms with Crippen molar-refractivity contribution in [1.29, 1.82) is 0 Å². The number of methoxy groups -OCH3 is 1. The zero-order chi connectivity index (χ0) is 13.8. The molecule has 2 atom stereocenters. The molecule has 0 spiro atoms. The molecule has 1 amide bonds. The van der Waals surface area contributed by atoms with E-state index in [-0.39, 0.29) is 18.5 Å². The summed E-state index contributed by atoms with van der Waals surface area (Å²) in [5, 5.41) is 0.703. The molecule has 0 aromatic heterocycles. The highest BCUT2D eigenvalue weighted by atomic mass is 35.5. The minimum Gasteiger partial charge on any atom is -0.370 e. The van der Waals surface area contributed by atoms with E-state index in [0.717, 1.165) is 24.9 Å². The number of hydrogen-bond acceptors (Lipinski definition) is 3. The second-order valence-electron chi connectivity index (χ2n) is 4.67. The van der Waals surface area contributed by atoms with Crippen molar-refractivity contribution < 1.29 is 9.53 Å². The molecule has 1 aromatic carbocycles. The number of carbonyl (C=O) groups is 1. The maximum Gasteiger partial charge on any atom is 0.253 e. The number of nitrogens with zero attached hydrogens (tertiary/aromatic N) is 1. The van der Waals surface area contributed by atoms with Crippen LogP contribution in [0.25, 0.3) is 0 Å². The Labute approximate surface area is 118 Å². The molecule has 0 bridgehead atoms. The van der Waals surface area contributed by atoms with Crippen LogP contribution in [0, 0.1) is 0 Å². The second kappa shape index (κ2) is 6.37. The molecule has 5 heteroatoms. The SMILES string of the molecule is COC(CN)C(=O)N1CCCC1c1ccccc1Cl. The Morgan fingerprint density at radius 3 is 2.95 bits per heavy atom. The number of halogens is 1. The number of amides is 1. The van der Waals surface area contributed by atoms with Crippen molar-refractivity contribution in [3.05, 3.63) is 34.9 Å². The molecule has 2 unspecified atom stereocenters. The third-order valence-electron chi connectivity index (χ3n) is 3.57. The number of carbonyl (C=O) groups excluding carboxylic acids is 1. The van der Waals surface area contributed by atoms with Crippen LogP contribution in [-0.4, -0.2) is 37.1 Å². The fraction of sp³-hybridized carbons (Fsp3) is 0.500. The lowest BCUT2D eigenvalue weighted by molar-refractivity contribution is -0.142. The maximum absolute atomic E-state index is 12.4. The van der Waals surface area contributed by atoms with Gasteiger partial charge in [-0.1, -0.05) is 29.8 Å². The van der Waals surface area contributed by atoms with E-state index < -0.39 is 6.10 Å². The molecule has 1 aliphatic rings. The summed E-state index contributed by atoms with van der Waals surface area (Å²) in [6.07, 6.45) is 1.34. The molecule has 19 heavy (non-hydrogen) atoms. The Balaban J connectivity index is 2.22. The number of nitrogens with two attached hydrogens (primary N) is 1. The number of hydrogen-bond donors (Lipinski definition) is 1. The summed E-state index contributed by atoms with van der Waals surface area (Å²) in [5.74, 6) is -0.0487. The van der Waals surface area contributed by atoms with Gasteiger partial charge in [-0.2, -0.15) is 0 Å². The average molecular weight is 283 g/mol. The Bertz CT molecular complexity index is 449. The molecule has 4 nitrogen and oxygen atoms in total. The Hall–Kier alpha value is -1.10. The topological polar surface area (TPSA) is 55.6 Å². The zero-order valence-corrected chi connectivity index (χ0v) is 11.8. The summed E-state index contributed by atoms with van der Waals surface area (Å²) in [6.45, 7) is 0.926. The highest BCUT2D eigenvalue weighted by molar-refractivity contribution is 6.31. The van der Waals surface area contributed by atoms with Crippen LogP contribution < -0.4 is 5.73 Å². The largest absolute Gasteiger partial charge is 0.370 e. The van der Waals surface area contributed by atoms with Crippen molar-refractivity contribution in [2.45, 2.75) is 25.0 Å².